The average molecular weight is 529 g/mol. The maximum Gasteiger partial charge on any atom is 0.277 e. The van der Waals surface area contributed by atoms with E-state index in [1.165, 1.54) is 6.07 Å². The Morgan fingerprint density at radius 1 is 1.33 bits per heavy atom. The number of fused-ring (bicyclic) bond motifs is 1. The highest BCUT2D eigenvalue weighted by Crippen LogP contribution is 2.31. The minimum atomic E-state index is -4.66. The van der Waals surface area contributed by atoms with Crippen LogP contribution in [0.5, 0.6) is 5.75 Å². The van der Waals surface area contributed by atoms with Crippen LogP contribution in [-0.4, -0.2) is 65.8 Å². The summed E-state index contributed by atoms with van der Waals surface area (Å²) < 4.78 is 130. The van der Waals surface area contributed by atoms with Gasteiger partial charge in [0.25, 0.3) is 5.56 Å². The van der Waals surface area contributed by atoms with Crippen molar-refractivity contribution in [2.24, 2.45) is 6.98 Å². The van der Waals surface area contributed by atoms with Crippen LogP contribution in [-0.2, 0) is 23.4 Å². The molecule has 0 aliphatic carbocycles. The normalized spacial score (nSPS) is 24.0. The zero-order valence-electron chi connectivity index (χ0n) is 31.7. The molecule has 2 atom stereocenters. The molecule has 10 nitrogen and oxygen atoms in total. The van der Waals surface area contributed by atoms with E-state index in [-0.39, 0.29) is 54.3 Å². The lowest BCUT2D eigenvalue weighted by atomic mass is 10.1. The van der Waals surface area contributed by atoms with Crippen molar-refractivity contribution in [3.8, 4) is 17.1 Å². The second kappa shape index (κ2) is 11.1. The topological polar surface area (TPSA) is 122 Å². The fraction of sp³-hybridized carbons (Fsp3) is 0.560. The number of aromatic nitrogens is 4. The maximum absolute atomic E-state index is 13.5. The third kappa shape index (κ3) is 5.47. The monoisotopic (exact) mass is 528 g/mol. The average Bonchev–Trinajstić information content (AvgIpc) is 3.61. The van der Waals surface area contributed by atoms with Gasteiger partial charge in [0.1, 0.15) is 17.1 Å². The van der Waals surface area contributed by atoms with Crippen LogP contribution in [0.15, 0.2) is 27.9 Å². The minimum absolute atomic E-state index is 0.0570. The lowest BCUT2D eigenvalue weighted by Crippen LogP contribution is -2.31. The number of sulfonamides is 1. The third-order valence-electron chi connectivity index (χ3n) is 5.68. The van der Waals surface area contributed by atoms with Gasteiger partial charge in [0, 0.05) is 36.0 Å². The smallest absolute Gasteiger partial charge is 0.277 e. The van der Waals surface area contributed by atoms with Crippen LogP contribution in [0.2, 0.25) is 0 Å². The quantitative estimate of drug-likeness (QED) is 0.392. The molecular formula is C25H36N6O4S. The second-order valence-corrected chi connectivity index (χ2v) is 9.97. The number of rotatable bonds is 11. The molecule has 196 valence electrons. The number of benzene rings is 1. The van der Waals surface area contributed by atoms with Gasteiger partial charge in [-0.3, -0.25) is 9.48 Å². The first-order valence-corrected chi connectivity index (χ1v) is 13.0. The van der Waals surface area contributed by atoms with E-state index < -0.39 is 72.2 Å². The number of H-pyrrole nitrogens is 1. The Labute approximate surface area is 229 Å². The number of ether oxygens (including phenoxy) is 1. The molecule has 1 fully saturated rings. The van der Waals surface area contributed by atoms with Gasteiger partial charge in [0.2, 0.25) is 10.0 Å². The van der Waals surface area contributed by atoms with Crippen molar-refractivity contribution in [1.82, 2.24) is 29.4 Å². The lowest BCUT2D eigenvalue weighted by molar-refractivity contribution is 0.297. The van der Waals surface area contributed by atoms with Crippen molar-refractivity contribution < 1.29 is 29.6 Å². The molecule has 0 saturated carbocycles. The van der Waals surface area contributed by atoms with E-state index >= 15 is 0 Å². The zero-order valence-corrected chi connectivity index (χ0v) is 20.5. The molecule has 1 aliphatic heterocycles. The molecule has 1 saturated heterocycles. The van der Waals surface area contributed by atoms with E-state index in [0.29, 0.717) is 17.5 Å². The van der Waals surface area contributed by atoms with Gasteiger partial charge < -0.3 is 14.6 Å². The van der Waals surface area contributed by atoms with Gasteiger partial charge >= 0.3 is 0 Å². The van der Waals surface area contributed by atoms with Gasteiger partial charge in [-0.15, -0.1) is 0 Å². The lowest BCUT2D eigenvalue weighted by Gasteiger charge is -2.19. The third-order valence-corrected chi connectivity index (χ3v) is 6.99. The van der Waals surface area contributed by atoms with Crippen molar-refractivity contribution in [2.45, 2.75) is 63.2 Å². The minimum Gasteiger partial charge on any atom is -0.493 e. The van der Waals surface area contributed by atoms with Crippen molar-refractivity contribution in [1.29, 1.82) is 0 Å². The summed E-state index contributed by atoms with van der Waals surface area (Å²) in [6.45, 7) is -8.04. The number of nitrogens with one attached hydrogen (secondary N) is 2. The standard InChI is InChI=1S/C25H36N6O4S/c1-5-8-20-22-23(31(4)29-20)25(32)28-24(27-22)19-16-18(10-11-21(19)35-15-6-2)36(33,34)26-13-12-17-9-7-14-30(17)3/h10-11,16-17,26H,5-9,12-15H2,1-4H3,(H,27,28,32)/i1D3,3D3,4D3,12D2,13D. The second-order valence-electron chi connectivity index (χ2n) is 8.26. The van der Waals surface area contributed by atoms with Crippen LogP contribution >= 0.6 is 0 Å². The molecule has 2 N–H and O–H groups in total. The molecule has 2 aromatic heterocycles. The molecule has 11 heteroatoms. The summed E-state index contributed by atoms with van der Waals surface area (Å²) >= 11 is 0. The number of aryl methyl sites for hydroxylation is 2. The zero-order chi connectivity index (χ0) is 36.0. The SMILES string of the molecule is [2H]C(NS(=O)(=O)c1ccc(OCCC)c(-c2nc3c(CCC([2H])([2H])[2H])nn(C([2H])([2H])[2H])c3c(=O)[nH]2)c1)C([2H])([2H])C1CCCN1C([2H])([2H])[2H]. The summed E-state index contributed by atoms with van der Waals surface area (Å²) in [6, 6.07) is 2.22. The molecule has 36 heavy (non-hydrogen) atoms. The number of likely N-dealkylation sites (tertiary alicyclic amines) is 1. The van der Waals surface area contributed by atoms with Gasteiger partial charge in [-0.1, -0.05) is 20.2 Å². The Morgan fingerprint density at radius 3 is 3.00 bits per heavy atom. The molecule has 4 rings (SSSR count). The van der Waals surface area contributed by atoms with Crippen molar-refractivity contribution in [2.75, 3.05) is 26.6 Å². The summed E-state index contributed by atoms with van der Waals surface area (Å²) in [5.74, 6) is -0.185. The highest BCUT2D eigenvalue weighted by atomic mass is 32.2. The molecule has 0 amide bonds. The molecule has 1 aromatic carbocycles. The molecule has 2 unspecified atom stereocenters. The predicted octanol–water partition coefficient (Wildman–Crippen LogP) is 2.83. The molecule has 0 spiro atoms. The first kappa shape index (κ1) is 14.8. The molecule has 0 radical (unpaired) electrons. The van der Waals surface area contributed by atoms with E-state index in [1.807, 2.05) is 11.6 Å². The summed E-state index contributed by atoms with van der Waals surface area (Å²) in [5.41, 5.74) is -1.76. The van der Waals surface area contributed by atoms with E-state index in [4.69, 9.17) is 21.2 Å². The largest absolute Gasteiger partial charge is 0.493 e. The Morgan fingerprint density at radius 2 is 2.22 bits per heavy atom. The Balaban J connectivity index is 1.80. The van der Waals surface area contributed by atoms with Crippen LogP contribution in [0, 0.1) is 0 Å². The van der Waals surface area contributed by atoms with E-state index in [2.05, 4.69) is 15.1 Å². The molecule has 3 aromatic rings. The van der Waals surface area contributed by atoms with Crippen molar-refractivity contribution in [3.05, 3.63) is 34.2 Å². The van der Waals surface area contributed by atoms with Crippen LogP contribution in [0.4, 0.5) is 0 Å². The number of nitrogens with zero attached hydrogens (tertiary/aromatic N) is 4. The number of hydrogen-bond acceptors (Lipinski definition) is 7. The fourth-order valence-electron chi connectivity index (χ4n) is 3.91. The van der Waals surface area contributed by atoms with Gasteiger partial charge in [-0.05, 0) is 63.8 Å². The molecule has 3 heterocycles. The van der Waals surface area contributed by atoms with Crippen LogP contribution in [0.1, 0.15) is 68.0 Å². The van der Waals surface area contributed by atoms with Crippen LogP contribution < -0.4 is 15.0 Å². The predicted molar refractivity (Wildman–Crippen MR) is 140 cm³/mol. The summed E-state index contributed by atoms with van der Waals surface area (Å²) in [6.07, 6.45) is -2.28. The van der Waals surface area contributed by atoms with Gasteiger partial charge in [0.15, 0.2) is 5.52 Å². The Kier molecular flexibility index (Phi) is 4.58. The van der Waals surface area contributed by atoms with Gasteiger partial charge in [0.05, 0.1) is 22.8 Å². The first-order chi connectivity index (χ1) is 22.0. The summed E-state index contributed by atoms with van der Waals surface area (Å²) in [4.78, 5) is 20.6. The molecule has 1 aliphatic rings. The molecule has 0 bridgehead atoms. The maximum atomic E-state index is 13.5. The summed E-state index contributed by atoms with van der Waals surface area (Å²) in [7, 11) is -4.66. The van der Waals surface area contributed by atoms with E-state index in [9.17, 15) is 13.2 Å². The summed E-state index contributed by atoms with van der Waals surface area (Å²) in [5, 5.41) is 3.99. The van der Waals surface area contributed by atoms with Crippen LogP contribution in [0.3, 0.4) is 0 Å². The number of hydrogen-bond donors (Lipinski definition) is 2. The number of aromatic amines is 1. The van der Waals surface area contributed by atoms with Gasteiger partial charge in [-0.2, -0.15) is 5.10 Å². The van der Waals surface area contributed by atoms with E-state index in [1.54, 1.807) is 0 Å². The molecular weight excluding hydrogens is 480 g/mol. The Bertz CT molecular complexity index is 1800. The van der Waals surface area contributed by atoms with Crippen LogP contribution in [0.25, 0.3) is 22.4 Å². The van der Waals surface area contributed by atoms with Gasteiger partial charge in [-0.25, -0.2) is 18.1 Å². The highest BCUT2D eigenvalue weighted by molar-refractivity contribution is 7.89. The highest BCUT2D eigenvalue weighted by Gasteiger charge is 2.23. The first-order valence-electron chi connectivity index (χ1n) is 17.6. The Hall–Kier alpha value is -2.76. The van der Waals surface area contributed by atoms with E-state index in [0.717, 1.165) is 17.0 Å². The van der Waals surface area contributed by atoms with Crippen molar-refractivity contribution >= 4 is 21.1 Å². The fourth-order valence-corrected chi connectivity index (χ4v) is 4.79. The van der Waals surface area contributed by atoms with Crippen molar-refractivity contribution in [3.63, 3.8) is 0 Å².